The summed E-state index contributed by atoms with van der Waals surface area (Å²) in [5.41, 5.74) is 0.683. The SMILES string of the molecule is O=C(C=CC1C=CC(OC(O)CCCCCO)=CC1)c1ccccc1. The van der Waals surface area contributed by atoms with Crippen LogP contribution >= 0.6 is 0 Å². The molecule has 0 saturated heterocycles. The fraction of sp³-hybridized carbons (Fsp3) is 0.381. The second-order valence-electron chi connectivity index (χ2n) is 6.10. The van der Waals surface area contributed by atoms with Gasteiger partial charge in [0.2, 0.25) is 0 Å². The van der Waals surface area contributed by atoms with E-state index in [0.717, 1.165) is 25.7 Å². The predicted octanol–water partition coefficient (Wildman–Crippen LogP) is 3.77. The van der Waals surface area contributed by atoms with Gasteiger partial charge in [0.15, 0.2) is 12.1 Å². The number of hydrogen-bond acceptors (Lipinski definition) is 4. The van der Waals surface area contributed by atoms with Crippen molar-refractivity contribution in [2.45, 2.75) is 38.4 Å². The van der Waals surface area contributed by atoms with Crippen molar-refractivity contribution in [2.24, 2.45) is 5.92 Å². The summed E-state index contributed by atoms with van der Waals surface area (Å²) in [6, 6.07) is 9.19. The summed E-state index contributed by atoms with van der Waals surface area (Å²) >= 11 is 0. The zero-order valence-electron chi connectivity index (χ0n) is 14.4. The molecule has 0 saturated carbocycles. The lowest BCUT2D eigenvalue weighted by atomic mass is 9.98. The highest BCUT2D eigenvalue weighted by Gasteiger charge is 2.11. The Labute approximate surface area is 149 Å². The second kappa shape index (κ2) is 10.6. The molecular weight excluding hydrogens is 316 g/mol. The van der Waals surface area contributed by atoms with Crippen molar-refractivity contribution in [3.63, 3.8) is 0 Å². The Morgan fingerprint density at radius 1 is 1.24 bits per heavy atom. The van der Waals surface area contributed by atoms with Gasteiger partial charge in [0.1, 0.15) is 5.76 Å². The van der Waals surface area contributed by atoms with Gasteiger partial charge in [-0.1, -0.05) is 48.9 Å². The van der Waals surface area contributed by atoms with E-state index in [9.17, 15) is 9.90 Å². The Balaban J connectivity index is 1.74. The van der Waals surface area contributed by atoms with Crippen molar-refractivity contribution in [1.82, 2.24) is 0 Å². The van der Waals surface area contributed by atoms with Gasteiger partial charge in [-0.15, -0.1) is 0 Å². The van der Waals surface area contributed by atoms with Crippen LogP contribution in [0.1, 0.15) is 42.5 Å². The number of rotatable bonds is 10. The first-order valence-electron chi connectivity index (χ1n) is 8.80. The van der Waals surface area contributed by atoms with E-state index in [2.05, 4.69) is 0 Å². The van der Waals surface area contributed by atoms with Gasteiger partial charge in [-0.2, -0.15) is 0 Å². The van der Waals surface area contributed by atoms with Crippen molar-refractivity contribution in [3.8, 4) is 0 Å². The highest BCUT2D eigenvalue weighted by Crippen LogP contribution is 2.20. The predicted molar refractivity (Wildman–Crippen MR) is 97.9 cm³/mol. The van der Waals surface area contributed by atoms with E-state index in [1.54, 1.807) is 18.2 Å². The van der Waals surface area contributed by atoms with E-state index in [1.165, 1.54) is 0 Å². The molecule has 0 amide bonds. The summed E-state index contributed by atoms with van der Waals surface area (Å²) in [7, 11) is 0. The number of unbranched alkanes of at least 4 members (excludes halogenated alkanes) is 2. The molecule has 2 N–H and O–H groups in total. The van der Waals surface area contributed by atoms with Crippen LogP contribution < -0.4 is 0 Å². The lowest BCUT2D eigenvalue weighted by Gasteiger charge is -2.18. The van der Waals surface area contributed by atoms with E-state index >= 15 is 0 Å². The average molecular weight is 342 g/mol. The lowest BCUT2D eigenvalue weighted by molar-refractivity contribution is -0.0673. The van der Waals surface area contributed by atoms with Crippen LogP contribution in [0.5, 0.6) is 0 Å². The molecule has 0 heterocycles. The molecule has 1 aromatic rings. The number of carbonyl (C=O) groups excluding carboxylic acids is 1. The fourth-order valence-corrected chi connectivity index (χ4v) is 2.58. The van der Waals surface area contributed by atoms with Gasteiger partial charge in [0, 0.05) is 18.6 Å². The van der Waals surface area contributed by atoms with E-state index in [1.807, 2.05) is 42.5 Å². The Hall–Kier alpha value is -2.17. The molecule has 0 aromatic heterocycles. The largest absolute Gasteiger partial charge is 0.466 e. The molecule has 0 fully saturated rings. The molecule has 0 radical (unpaired) electrons. The third kappa shape index (κ3) is 7.08. The Morgan fingerprint density at radius 2 is 2.04 bits per heavy atom. The number of hydrogen-bond donors (Lipinski definition) is 2. The number of aliphatic hydroxyl groups is 2. The van der Waals surface area contributed by atoms with Gasteiger partial charge < -0.3 is 14.9 Å². The number of ether oxygens (including phenoxy) is 1. The van der Waals surface area contributed by atoms with Crippen LogP contribution in [0.2, 0.25) is 0 Å². The molecule has 0 aliphatic heterocycles. The average Bonchev–Trinajstić information content (AvgIpc) is 2.65. The molecule has 134 valence electrons. The van der Waals surface area contributed by atoms with Gasteiger partial charge in [0.25, 0.3) is 0 Å². The third-order valence-corrected chi connectivity index (χ3v) is 4.03. The van der Waals surface area contributed by atoms with Crippen LogP contribution in [0.3, 0.4) is 0 Å². The van der Waals surface area contributed by atoms with Crippen molar-refractivity contribution in [2.75, 3.05) is 6.61 Å². The van der Waals surface area contributed by atoms with E-state index < -0.39 is 6.29 Å². The minimum Gasteiger partial charge on any atom is -0.466 e. The van der Waals surface area contributed by atoms with Crippen LogP contribution in [-0.2, 0) is 4.74 Å². The minimum atomic E-state index is -0.818. The van der Waals surface area contributed by atoms with Crippen LogP contribution in [-0.4, -0.2) is 28.9 Å². The first kappa shape index (κ1) is 19.2. The molecule has 2 rings (SSSR count). The number of aliphatic hydroxyl groups excluding tert-OH is 2. The van der Waals surface area contributed by atoms with Crippen molar-refractivity contribution < 1.29 is 19.7 Å². The lowest BCUT2D eigenvalue weighted by Crippen LogP contribution is -2.12. The van der Waals surface area contributed by atoms with Crippen molar-refractivity contribution in [1.29, 1.82) is 0 Å². The summed E-state index contributed by atoms with van der Waals surface area (Å²) in [6.45, 7) is 0.187. The summed E-state index contributed by atoms with van der Waals surface area (Å²) in [5, 5.41) is 18.6. The van der Waals surface area contributed by atoms with Crippen LogP contribution in [0, 0.1) is 5.92 Å². The number of benzene rings is 1. The smallest absolute Gasteiger partial charge is 0.197 e. The first-order chi connectivity index (χ1) is 12.2. The summed E-state index contributed by atoms with van der Waals surface area (Å²) in [4.78, 5) is 12.0. The van der Waals surface area contributed by atoms with Crippen LogP contribution in [0.4, 0.5) is 0 Å². The second-order valence-corrected chi connectivity index (χ2v) is 6.10. The molecule has 4 nitrogen and oxygen atoms in total. The summed E-state index contributed by atoms with van der Waals surface area (Å²) in [6.07, 6.45) is 12.2. The fourth-order valence-electron chi connectivity index (χ4n) is 2.58. The zero-order chi connectivity index (χ0) is 17.9. The Morgan fingerprint density at radius 3 is 2.72 bits per heavy atom. The van der Waals surface area contributed by atoms with Crippen LogP contribution in [0.15, 0.2) is 66.5 Å². The Bertz CT molecular complexity index is 616. The van der Waals surface area contributed by atoms with E-state index in [0.29, 0.717) is 17.7 Å². The highest BCUT2D eigenvalue weighted by atomic mass is 16.6. The highest BCUT2D eigenvalue weighted by molar-refractivity contribution is 6.04. The molecule has 1 aliphatic carbocycles. The summed E-state index contributed by atoms with van der Waals surface area (Å²) in [5.74, 6) is 0.814. The van der Waals surface area contributed by atoms with E-state index in [-0.39, 0.29) is 18.3 Å². The number of carbonyl (C=O) groups is 1. The molecule has 4 heteroatoms. The van der Waals surface area contributed by atoms with Gasteiger partial charge in [-0.3, -0.25) is 4.79 Å². The maximum atomic E-state index is 12.0. The minimum absolute atomic E-state index is 0.00155. The number of ketones is 1. The van der Waals surface area contributed by atoms with Crippen LogP contribution in [0.25, 0.3) is 0 Å². The monoisotopic (exact) mass is 342 g/mol. The molecule has 25 heavy (non-hydrogen) atoms. The maximum absolute atomic E-state index is 12.0. The van der Waals surface area contributed by atoms with Gasteiger partial charge >= 0.3 is 0 Å². The maximum Gasteiger partial charge on any atom is 0.197 e. The molecular formula is C21H26O4. The molecule has 0 spiro atoms. The topological polar surface area (TPSA) is 66.8 Å². The van der Waals surface area contributed by atoms with Crippen molar-refractivity contribution >= 4 is 5.78 Å². The Kier molecular flexibility index (Phi) is 8.16. The first-order valence-corrected chi connectivity index (χ1v) is 8.80. The summed E-state index contributed by atoms with van der Waals surface area (Å²) < 4.78 is 5.49. The molecule has 2 unspecified atom stereocenters. The van der Waals surface area contributed by atoms with Gasteiger partial charge in [-0.05, 0) is 43.4 Å². The van der Waals surface area contributed by atoms with Gasteiger partial charge in [0.05, 0.1) is 0 Å². The molecule has 2 atom stereocenters. The van der Waals surface area contributed by atoms with Crippen molar-refractivity contribution in [3.05, 3.63) is 72.0 Å². The molecule has 0 bridgehead atoms. The number of allylic oxidation sites excluding steroid dienone is 5. The zero-order valence-corrected chi connectivity index (χ0v) is 14.4. The molecule has 1 aromatic carbocycles. The van der Waals surface area contributed by atoms with E-state index in [4.69, 9.17) is 9.84 Å². The van der Waals surface area contributed by atoms with Gasteiger partial charge in [-0.25, -0.2) is 0 Å². The quantitative estimate of drug-likeness (QED) is 0.294. The normalized spacial score (nSPS) is 18.2. The molecule has 1 aliphatic rings. The third-order valence-electron chi connectivity index (χ3n) is 4.03. The standard InChI is InChI=1S/C21H26O4/c22-16-6-2-5-9-21(24)25-19-13-10-17(11-14-19)12-15-20(23)18-7-3-1-4-8-18/h1,3-4,7-8,10,12-15,17,21-22,24H,2,5-6,9,11,16H2.